The Kier molecular flexibility index (Phi) is 10.3. The van der Waals surface area contributed by atoms with E-state index in [0.29, 0.717) is 23.1 Å². The highest BCUT2D eigenvalue weighted by molar-refractivity contribution is 7.16. The normalized spacial score (nSPS) is 22.4. The first-order valence-corrected chi connectivity index (χ1v) is 15.2. The van der Waals surface area contributed by atoms with E-state index in [1.165, 1.54) is 11.3 Å². The highest BCUT2D eigenvalue weighted by Crippen LogP contribution is 2.44. The van der Waals surface area contributed by atoms with Crippen molar-refractivity contribution in [2.24, 2.45) is 5.92 Å². The van der Waals surface area contributed by atoms with Gasteiger partial charge in [0, 0.05) is 16.4 Å². The first-order chi connectivity index (χ1) is 20.0. The van der Waals surface area contributed by atoms with Crippen LogP contribution in [0.5, 0.6) is 0 Å². The van der Waals surface area contributed by atoms with Gasteiger partial charge in [0.25, 0.3) is 0 Å². The van der Waals surface area contributed by atoms with Gasteiger partial charge in [0.2, 0.25) is 0 Å². The SMILES string of the molecule is CC[C@H]1O[C@@H](c2cc(COC(=O)c3ccccc3)c(Cl)s2)[C@H](OCc2ccccc2)[C@@H](OCc2ccccc2)[C@@H]1C. The summed E-state index contributed by atoms with van der Waals surface area (Å²) in [4.78, 5) is 13.5. The number of rotatable bonds is 11. The van der Waals surface area contributed by atoms with Crippen LogP contribution < -0.4 is 0 Å². The summed E-state index contributed by atoms with van der Waals surface area (Å²) in [6.45, 7) is 5.30. The maximum Gasteiger partial charge on any atom is 0.338 e. The number of benzene rings is 3. The van der Waals surface area contributed by atoms with Gasteiger partial charge in [-0.15, -0.1) is 11.3 Å². The second-order valence-electron chi connectivity index (χ2n) is 10.3. The van der Waals surface area contributed by atoms with E-state index in [2.05, 4.69) is 38.1 Å². The first-order valence-electron chi connectivity index (χ1n) is 14.0. The van der Waals surface area contributed by atoms with Crippen molar-refractivity contribution in [1.82, 2.24) is 0 Å². The lowest BCUT2D eigenvalue weighted by Gasteiger charge is -2.45. The average molecular weight is 591 g/mol. The molecule has 3 aromatic carbocycles. The molecule has 0 bridgehead atoms. The third kappa shape index (κ3) is 7.45. The van der Waals surface area contributed by atoms with Crippen molar-refractivity contribution in [3.8, 4) is 0 Å². The molecule has 0 spiro atoms. The minimum Gasteiger partial charge on any atom is -0.457 e. The zero-order chi connectivity index (χ0) is 28.6. The van der Waals surface area contributed by atoms with Crippen LogP contribution in [-0.2, 0) is 38.8 Å². The number of hydrogen-bond donors (Lipinski definition) is 0. The molecule has 4 aromatic rings. The minimum absolute atomic E-state index is 0.0161. The summed E-state index contributed by atoms with van der Waals surface area (Å²) in [5, 5.41) is 0. The van der Waals surface area contributed by atoms with Crippen LogP contribution in [0.2, 0.25) is 4.34 Å². The van der Waals surface area contributed by atoms with Gasteiger partial charge in [0.05, 0.1) is 35.3 Å². The van der Waals surface area contributed by atoms with Gasteiger partial charge in [-0.3, -0.25) is 0 Å². The molecule has 7 heteroatoms. The topological polar surface area (TPSA) is 54.0 Å². The molecule has 214 valence electrons. The molecule has 5 nitrogen and oxygen atoms in total. The van der Waals surface area contributed by atoms with Crippen LogP contribution in [0, 0.1) is 5.92 Å². The summed E-state index contributed by atoms with van der Waals surface area (Å²) in [6, 6.07) is 31.2. The van der Waals surface area contributed by atoms with Gasteiger partial charge in [-0.05, 0) is 35.7 Å². The molecule has 1 aliphatic heterocycles. The van der Waals surface area contributed by atoms with Crippen LogP contribution >= 0.6 is 22.9 Å². The fourth-order valence-electron chi connectivity index (χ4n) is 5.20. The molecule has 41 heavy (non-hydrogen) atoms. The first kappa shape index (κ1) is 29.5. The van der Waals surface area contributed by atoms with E-state index in [1.54, 1.807) is 12.1 Å². The molecule has 1 aromatic heterocycles. The third-order valence-electron chi connectivity index (χ3n) is 7.45. The van der Waals surface area contributed by atoms with Crippen LogP contribution in [0.1, 0.15) is 58.3 Å². The Bertz CT molecular complexity index is 1380. The maximum atomic E-state index is 12.5. The number of halogens is 1. The lowest BCUT2D eigenvalue weighted by molar-refractivity contribution is -0.234. The lowest BCUT2D eigenvalue weighted by atomic mass is 9.86. The Morgan fingerprint density at radius 2 is 1.39 bits per heavy atom. The van der Waals surface area contributed by atoms with E-state index in [4.69, 9.17) is 30.5 Å². The number of thiophene rings is 1. The van der Waals surface area contributed by atoms with Gasteiger partial charge in [-0.25, -0.2) is 4.79 Å². The van der Waals surface area contributed by atoms with Gasteiger partial charge < -0.3 is 18.9 Å². The van der Waals surface area contributed by atoms with Crippen molar-refractivity contribution in [2.75, 3.05) is 0 Å². The largest absolute Gasteiger partial charge is 0.457 e. The molecular formula is C34H35ClO5S. The molecule has 0 radical (unpaired) electrons. The van der Waals surface area contributed by atoms with Crippen molar-refractivity contribution < 1.29 is 23.7 Å². The summed E-state index contributed by atoms with van der Waals surface area (Å²) in [5.41, 5.74) is 3.44. The van der Waals surface area contributed by atoms with E-state index in [9.17, 15) is 4.79 Å². The minimum atomic E-state index is -0.387. The molecule has 0 N–H and O–H groups in total. The van der Waals surface area contributed by atoms with Gasteiger partial charge in [0.15, 0.2) is 0 Å². The molecule has 5 atom stereocenters. The summed E-state index contributed by atoms with van der Waals surface area (Å²) < 4.78 is 26.1. The number of hydrogen-bond acceptors (Lipinski definition) is 6. The third-order valence-corrected chi connectivity index (χ3v) is 8.95. The number of esters is 1. The fraction of sp³-hybridized carbons (Fsp3) is 0.324. The van der Waals surface area contributed by atoms with Crippen molar-refractivity contribution >= 4 is 28.9 Å². The Morgan fingerprint density at radius 3 is 1.98 bits per heavy atom. The molecule has 0 aliphatic carbocycles. The maximum absolute atomic E-state index is 12.5. The van der Waals surface area contributed by atoms with Gasteiger partial charge >= 0.3 is 5.97 Å². The average Bonchev–Trinajstić information content (AvgIpc) is 3.39. The van der Waals surface area contributed by atoms with Crippen LogP contribution in [0.25, 0.3) is 0 Å². The van der Waals surface area contributed by atoms with Gasteiger partial charge in [-0.1, -0.05) is 104 Å². The molecule has 2 heterocycles. The van der Waals surface area contributed by atoms with E-state index in [1.807, 2.05) is 60.7 Å². The molecule has 5 rings (SSSR count). The molecule has 0 saturated carbocycles. The van der Waals surface area contributed by atoms with Gasteiger partial charge in [0.1, 0.15) is 18.8 Å². The second kappa shape index (κ2) is 14.3. The standard InChI is InChI=1S/C34H35ClO5S/c1-3-28-23(2)30(37-20-24-13-7-4-8-14-24)32(38-21-25-15-9-5-10-16-25)31(40-28)29-19-27(33(35)41-29)22-39-34(36)26-17-11-6-12-18-26/h4-19,23,28,30-32H,3,20-22H2,1-2H3/t23-,28-,30+,31+,32-/m1/s1. The highest BCUT2D eigenvalue weighted by atomic mass is 35.5. The lowest BCUT2D eigenvalue weighted by Crippen LogP contribution is -2.51. The highest BCUT2D eigenvalue weighted by Gasteiger charge is 2.46. The second-order valence-corrected chi connectivity index (χ2v) is 12.0. The number of carbonyl (C=O) groups is 1. The van der Waals surface area contributed by atoms with Crippen molar-refractivity contribution in [1.29, 1.82) is 0 Å². The Labute approximate surface area is 251 Å². The number of carbonyl (C=O) groups excluding carboxylic acids is 1. The van der Waals surface area contributed by atoms with Crippen molar-refractivity contribution in [2.45, 2.75) is 64.5 Å². The zero-order valence-corrected chi connectivity index (χ0v) is 24.9. The van der Waals surface area contributed by atoms with Gasteiger partial charge in [-0.2, -0.15) is 0 Å². The molecule has 0 amide bonds. The Hall–Kier alpha value is -3.00. The summed E-state index contributed by atoms with van der Waals surface area (Å²) in [7, 11) is 0. The van der Waals surface area contributed by atoms with Crippen molar-refractivity contribution in [3.05, 3.63) is 129 Å². The van der Waals surface area contributed by atoms with Crippen molar-refractivity contribution in [3.63, 3.8) is 0 Å². The fourth-order valence-corrected chi connectivity index (χ4v) is 6.54. The summed E-state index contributed by atoms with van der Waals surface area (Å²) >= 11 is 8.13. The Morgan fingerprint density at radius 1 is 0.829 bits per heavy atom. The summed E-state index contributed by atoms with van der Waals surface area (Å²) in [5.74, 6) is -0.274. The van der Waals surface area contributed by atoms with Crippen LogP contribution in [-0.4, -0.2) is 24.3 Å². The predicted molar refractivity (Wildman–Crippen MR) is 162 cm³/mol. The molecule has 1 saturated heterocycles. The van der Waals surface area contributed by atoms with Crippen LogP contribution in [0.3, 0.4) is 0 Å². The van der Waals surface area contributed by atoms with E-state index in [0.717, 1.165) is 28.0 Å². The van der Waals surface area contributed by atoms with E-state index in [-0.39, 0.29) is 42.9 Å². The molecule has 1 aliphatic rings. The molecular weight excluding hydrogens is 556 g/mol. The molecule has 1 fully saturated rings. The Balaban J connectivity index is 1.39. The molecule has 0 unspecified atom stereocenters. The smallest absolute Gasteiger partial charge is 0.338 e. The summed E-state index contributed by atoms with van der Waals surface area (Å²) in [6.07, 6.45) is -0.136. The quantitative estimate of drug-likeness (QED) is 0.164. The number of ether oxygens (including phenoxy) is 4. The zero-order valence-electron chi connectivity index (χ0n) is 23.3. The predicted octanol–water partition coefficient (Wildman–Crippen LogP) is 8.42. The van der Waals surface area contributed by atoms with E-state index >= 15 is 0 Å². The van der Waals surface area contributed by atoms with E-state index < -0.39 is 0 Å². The van der Waals surface area contributed by atoms with Crippen LogP contribution in [0.4, 0.5) is 0 Å². The van der Waals surface area contributed by atoms with Crippen LogP contribution in [0.15, 0.2) is 97.1 Å². The monoisotopic (exact) mass is 590 g/mol.